The van der Waals surface area contributed by atoms with Crippen LogP contribution in [0.15, 0.2) is 18.2 Å². The minimum atomic E-state index is 0.240. The van der Waals surface area contributed by atoms with Gasteiger partial charge in [0.05, 0.1) is 10.0 Å². The van der Waals surface area contributed by atoms with Crippen molar-refractivity contribution >= 4 is 35.0 Å². The molecule has 1 saturated carbocycles. The monoisotopic (exact) mass is 317 g/mol. The number of nitrogens with one attached hydrogen (secondary N) is 1. The average molecular weight is 318 g/mol. The van der Waals surface area contributed by atoms with E-state index in [1.54, 1.807) is 0 Å². The molecule has 2 rings (SSSR count). The Bertz CT molecular complexity index is 425. The summed E-state index contributed by atoms with van der Waals surface area (Å²) in [5, 5.41) is 5.78. The van der Waals surface area contributed by atoms with Crippen LogP contribution >= 0.6 is 35.0 Å². The molecule has 1 fully saturated rings. The molecule has 1 aliphatic rings. The molecule has 0 spiro atoms. The molecule has 1 aromatic rings. The highest BCUT2D eigenvalue weighted by Crippen LogP contribution is 2.32. The van der Waals surface area contributed by atoms with Gasteiger partial charge in [0.2, 0.25) is 0 Å². The van der Waals surface area contributed by atoms with Gasteiger partial charge in [-0.15, -0.1) is 0 Å². The standard InChI is InChI=1S/C15H21Cl2NS/c1-10(11-6-5-7-12(16)15(11)17)18-13-8-3-4-9-14(13)19-2/h5-7,10,13-14,18H,3-4,8-9H2,1-2H3. The lowest BCUT2D eigenvalue weighted by Crippen LogP contribution is -2.41. The lowest BCUT2D eigenvalue weighted by Gasteiger charge is -2.33. The quantitative estimate of drug-likeness (QED) is 0.806. The van der Waals surface area contributed by atoms with Gasteiger partial charge in [-0.25, -0.2) is 0 Å². The SMILES string of the molecule is CSC1CCCCC1NC(C)c1cccc(Cl)c1Cl. The van der Waals surface area contributed by atoms with E-state index < -0.39 is 0 Å². The Morgan fingerprint density at radius 3 is 2.74 bits per heavy atom. The fourth-order valence-corrected chi connectivity index (χ4v) is 4.25. The van der Waals surface area contributed by atoms with Crippen LogP contribution in [-0.2, 0) is 0 Å². The van der Waals surface area contributed by atoms with Crippen molar-refractivity contribution in [2.75, 3.05) is 6.26 Å². The molecule has 106 valence electrons. The predicted molar refractivity (Wildman–Crippen MR) is 87.6 cm³/mol. The zero-order chi connectivity index (χ0) is 13.8. The van der Waals surface area contributed by atoms with Crippen molar-refractivity contribution in [1.82, 2.24) is 5.32 Å². The zero-order valence-electron chi connectivity index (χ0n) is 11.5. The first-order chi connectivity index (χ1) is 9.13. The number of hydrogen-bond donors (Lipinski definition) is 1. The number of benzene rings is 1. The zero-order valence-corrected chi connectivity index (χ0v) is 13.8. The fourth-order valence-electron chi connectivity index (χ4n) is 2.84. The van der Waals surface area contributed by atoms with Gasteiger partial charge in [-0.05, 0) is 37.7 Å². The van der Waals surface area contributed by atoms with E-state index in [-0.39, 0.29) is 6.04 Å². The van der Waals surface area contributed by atoms with Crippen molar-refractivity contribution in [2.24, 2.45) is 0 Å². The van der Waals surface area contributed by atoms with E-state index in [9.17, 15) is 0 Å². The molecule has 1 aliphatic carbocycles. The summed E-state index contributed by atoms with van der Waals surface area (Å²) in [4.78, 5) is 0. The molecule has 3 unspecified atom stereocenters. The van der Waals surface area contributed by atoms with E-state index in [2.05, 4.69) is 24.6 Å². The van der Waals surface area contributed by atoms with Crippen LogP contribution in [0.3, 0.4) is 0 Å². The maximum atomic E-state index is 6.30. The molecule has 0 amide bonds. The Labute approximate surface area is 130 Å². The maximum absolute atomic E-state index is 6.30. The second-order valence-corrected chi connectivity index (χ2v) is 7.06. The van der Waals surface area contributed by atoms with Crippen molar-refractivity contribution in [3.8, 4) is 0 Å². The van der Waals surface area contributed by atoms with Gasteiger partial charge in [-0.2, -0.15) is 11.8 Å². The summed E-state index contributed by atoms with van der Waals surface area (Å²) in [5.74, 6) is 0. The van der Waals surface area contributed by atoms with Crippen molar-refractivity contribution in [3.05, 3.63) is 33.8 Å². The molecule has 0 radical (unpaired) electrons. The Morgan fingerprint density at radius 1 is 1.26 bits per heavy atom. The van der Waals surface area contributed by atoms with Gasteiger partial charge >= 0.3 is 0 Å². The molecule has 1 nitrogen and oxygen atoms in total. The van der Waals surface area contributed by atoms with Gasteiger partial charge in [-0.3, -0.25) is 0 Å². The van der Waals surface area contributed by atoms with E-state index in [1.165, 1.54) is 25.7 Å². The van der Waals surface area contributed by atoms with Crippen LogP contribution in [0.5, 0.6) is 0 Å². The summed E-state index contributed by atoms with van der Waals surface area (Å²) < 4.78 is 0. The van der Waals surface area contributed by atoms with E-state index in [1.807, 2.05) is 23.9 Å². The van der Waals surface area contributed by atoms with Crippen LogP contribution in [0.25, 0.3) is 0 Å². The Hall–Kier alpha value is 0.110. The lowest BCUT2D eigenvalue weighted by molar-refractivity contribution is 0.356. The number of thioether (sulfide) groups is 1. The van der Waals surface area contributed by atoms with E-state index in [0.717, 1.165) is 5.56 Å². The van der Waals surface area contributed by atoms with Crippen molar-refractivity contribution in [1.29, 1.82) is 0 Å². The van der Waals surface area contributed by atoms with Gasteiger partial charge in [0.1, 0.15) is 0 Å². The van der Waals surface area contributed by atoms with Crippen molar-refractivity contribution < 1.29 is 0 Å². The van der Waals surface area contributed by atoms with E-state index in [0.29, 0.717) is 21.3 Å². The molecule has 1 N–H and O–H groups in total. The molecule has 19 heavy (non-hydrogen) atoms. The summed E-state index contributed by atoms with van der Waals surface area (Å²) >= 11 is 14.4. The minimum Gasteiger partial charge on any atom is -0.306 e. The molecule has 1 aromatic carbocycles. The molecular formula is C15H21Cl2NS. The highest BCUT2D eigenvalue weighted by molar-refractivity contribution is 7.99. The largest absolute Gasteiger partial charge is 0.306 e. The molecule has 0 aromatic heterocycles. The van der Waals surface area contributed by atoms with Crippen LogP contribution in [-0.4, -0.2) is 17.5 Å². The summed E-state index contributed by atoms with van der Waals surface area (Å²) in [6, 6.07) is 6.68. The number of hydrogen-bond acceptors (Lipinski definition) is 2. The van der Waals surface area contributed by atoms with Crippen LogP contribution in [0.1, 0.15) is 44.2 Å². The topological polar surface area (TPSA) is 12.0 Å². The average Bonchev–Trinajstić information content (AvgIpc) is 2.42. The molecule has 4 heteroatoms. The highest BCUT2D eigenvalue weighted by atomic mass is 35.5. The second-order valence-electron chi connectivity index (χ2n) is 5.20. The first-order valence-corrected chi connectivity index (χ1v) is 8.90. The summed E-state index contributed by atoms with van der Waals surface area (Å²) in [6.45, 7) is 2.17. The molecule has 3 atom stereocenters. The number of rotatable bonds is 4. The third-order valence-corrected chi connectivity index (χ3v) is 5.92. The van der Waals surface area contributed by atoms with E-state index >= 15 is 0 Å². The molecule has 0 saturated heterocycles. The predicted octanol–water partition coefficient (Wildman–Crippen LogP) is 5.32. The van der Waals surface area contributed by atoms with E-state index in [4.69, 9.17) is 23.2 Å². The summed E-state index contributed by atoms with van der Waals surface area (Å²) in [5.41, 5.74) is 1.10. The summed E-state index contributed by atoms with van der Waals surface area (Å²) in [7, 11) is 0. The second kappa shape index (κ2) is 7.21. The Morgan fingerprint density at radius 2 is 2.00 bits per heavy atom. The first kappa shape index (κ1) is 15.5. The fraction of sp³-hybridized carbons (Fsp3) is 0.600. The van der Waals surface area contributed by atoms with Gasteiger partial charge in [0.25, 0.3) is 0 Å². The van der Waals surface area contributed by atoms with Crippen molar-refractivity contribution in [2.45, 2.75) is 49.9 Å². The third-order valence-electron chi connectivity index (χ3n) is 3.92. The Kier molecular flexibility index (Phi) is 5.88. The van der Waals surface area contributed by atoms with Crippen LogP contribution in [0.2, 0.25) is 10.0 Å². The summed E-state index contributed by atoms with van der Waals surface area (Å²) in [6.07, 6.45) is 7.46. The van der Waals surface area contributed by atoms with Gasteiger partial charge in [0.15, 0.2) is 0 Å². The van der Waals surface area contributed by atoms with Crippen molar-refractivity contribution in [3.63, 3.8) is 0 Å². The third kappa shape index (κ3) is 3.81. The smallest absolute Gasteiger partial charge is 0.0639 e. The molecule has 0 heterocycles. The minimum absolute atomic E-state index is 0.240. The van der Waals surface area contributed by atoms with Crippen LogP contribution in [0.4, 0.5) is 0 Å². The normalized spacial score (nSPS) is 25.3. The van der Waals surface area contributed by atoms with Gasteiger partial charge < -0.3 is 5.32 Å². The van der Waals surface area contributed by atoms with Gasteiger partial charge in [-0.1, -0.05) is 48.2 Å². The first-order valence-electron chi connectivity index (χ1n) is 6.86. The molecule has 0 bridgehead atoms. The number of halogens is 2. The molecular weight excluding hydrogens is 297 g/mol. The molecule has 0 aliphatic heterocycles. The lowest BCUT2D eigenvalue weighted by atomic mass is 9.93. The highest BCUT2D eigenvalue weighted by Gasteiger charge is 2.26. The van der Waals surface area contributed by atoms with Crippen LogP contribution < -0.4 is 5.32 Å². The maximum Gasteiger partial charge on any atom is 0.0639 e. The Balaban J connectivity index is 2.07. The van der Waals surface area contributed by atoms with Gasteiger partial charge in [0, 0.05) is 17.3 Å². The van der Waals surface area contributed by atoms with Crippen LogP contribution in [0, 0.1) is 0 Å².